The molecule has 0 saturated carbocycles. The van der Waals surface area contributed by atoms with Gasteiger partial charge in [-0.3, -0.25) is 10.1 Å². The molecular formula is C13H12N4O2S. The van der Waals surface area contributed by atoms with Gasteiger partial charge in [0, 0.05) is 11.1 Å². The maximum atomic E-state index is 11.1. The normalized spacial score (nSPS) is 11.7. The predicted molar refractivity (Wildman–Crippen MR) is 76.7 cm³/mol. The predicted octanol–water partition coefficient (Wildman–Crippen LogP) is 3.40. The number of para-hydroxylation sites is 1. The van der Waals surface area contributed by atoms with Crippen LogP contribution in [0.5, 0.6) is 0 Å². The number of nitrogens with one attached hydrogen (secondary N) is 1. The van der Waals surface area contributed by atoms with Crippen LogP contribution in [0.1, 0.15) is 29.2 Å². The molecule has 1 atom stereocenters. The van der Waals surface area contributed by atoms with E-state index in [9.17, 15) is 10.1 Å². The summed E-state index contributed by atoms with van der Waals surface area (Å²) >= 11 is 1.49. The van der Waals surface area contributed by atoms with Crippen LogP contribution in [0.2, 0.25) is 0 Å². The Kier molecular flexibility index (Phi) is 3.96. The minimum absolute atomic E-state index is 0.0440. The molecule has 0 aliphatic rings. The molecule has 7 heteroatoms. The van der Waals surface area contributed by atoms with Gasteiger partial charge in [-0.2, -0.15) is 5.26 Å². The molecule has 0 aliphatic heterocycles. The van der Waals surface area contributed by atoms with E-state index in [0.29, 0.717) is 5.69 Å². The summed E-state index contributed by atoms with van der Waals surface area (Å²) in [5.74, 6) is 0. The van der Waals surface area contributed by atoms with E-state index in [-0.39, 0.29) is 17.3 Å². The molecular weight excluding hydrogens is 276 g/mol. The lowest BCUT2D eigenvalue weighted by Gasteiger charge is -2.13. The SMILES string of the molecule is Cc1csc(C(C)Nc2cccc(C#N)c2[N+](=O)[O-])n1. The minimum atomic E-state index is -0.541. The van der Waals surface area contributed by atoms with Gasteiger partial charge < -0.3 is 5.32 Å². The number of hydrogen-bond donors (Lipinski definition) is 1. The zero-order chi connectivity index (χ0) is 14.7. The van der Waals surface area contributed by atoms with Gasteiger partial charge in [-0.15, -0.1) is 11.3 Å². The Morgan fingerprint density at radius 1 is 1.55 bits per heavy atom. The molecule has 0 aliphatic carbocycles. The molecule has 2 aromatic rings. The van der Waals surface area contributed by atoms with E-state index < -0.39 is 4.92 Å². The first-order valence-corrected chi connectivity index (χ1v) is 6.77. The van der Waals surface area contributed by atoms with Crippen molar-refractivity contribution in [3.05, 3.63) is 50.0 Å². The Morgan fingerprint density at radius 2 is 2.30 bits per heavy atom. The molecule has 0 saturated heterocycles. The number of nitriles is 1. The zero-order valence-corrected chi connectivity index (χ0v) is 11.8. The van der Waals surface area contributed by atoms with Crippen molar-refractivity contribution in [1.82, 2.24) is 4.98 Å². The van der Waals surface area contributed by atoms with Crippen LogP contribution in [-0.2, 0) is 0 Å². The number of anilines is 1. The van der Waals surface area contributed by atoms with Crippen LogP contribution in [0, 0.1) is 28.4 Å². The first-order valence-electron chi connectivity index (χ1n) is 5.89. The van der Waals surface area contributed by atoms with Crippen molar-refractivity contribution in [1.29, 1.82) is 5.26 Å². The Morgan fingerprint density at radius 3 is 2.85 bits per heavy atom. The van der Waals surface area contributed by atoms with Gasteiger partial charge in [0.1, 0.15) is 22.3 Å². The highest BCUT2D eigenvalue weighted by atomic mass is 32.1. The number of aryl methyl sites for hydroxylation is 1. The van der Waals surface area contributed by atoms with E-state index in [1.165, 1.54) is 17.4 Å². The second-order valence-electron chi connectivity index (χ2n) is 4.26. The highest BCUT2D eigenvalue weighted by Crippen LogP contribution is 2.31. The molecule has 2 rings (SSSR count). The van der Waals surface area contributed by atoms with Gasteiger partial charge in [0.25, 0.3) is 0 Å². The summed E-state index contributed by atoms with van der Waals surface area (Å²) in [5, 5.41) is 25.9. The van der Waals surface area contributed by atoms with Crippen molar-refractivity contribution in [2.24, 2.45) is 0 Å². The van der Waals surface area contributed by atoms with Crippen molar-refractivity contribution in [3.8, 4) is 6.07 Å². The minimum Gasteiger partial charge on any atom is -0.370 e. The van der Waals surface area contributed by atoms with Crippen LogP contribution >= 0.6 is 11.3 Å². The molecule has 1 heterocycles. The molecule has 0 fully saturated rings. The molecule has 1 aromatic carbocycles. The van der Waals surface area contributed by atoms with Gasteiger partial charge in [0.05, 0.1) is 11.0 Å². The molecule has 1 N–H and O–H groups in total. The first-order chi connectivity index (χ1) is 9.52. The monoisotopic (exact) mass is 288 g/mol. The average molecular weight is 288 g/mol. The number of aromatic nitrogens is 1. The summed E-state index contributed by atoms with van der Waals surface area (Å²) in [7, 11) is 0. The number of nitro benzene ring substituents is 1. The van der Waals surface area contributed by atoms with Crippen molar-refractivity contribution >= 4 is 22.7 Å². The van der Waals surface area contributed by atoms with E-state index in [0.717, 1.165) is 10.7 Å². The quantitative estimate of drug-likeness (QED) is 0.687. The maximum Gasteiger partial charge on any atom is 0.309 e. The molecule has 1 aromatic heterocycles. The van der Waals surface area contributed by atoms with Crippen molar-refractivity contribution in [2.75, 3.05) is 5.32 Å². The van der Waals surface area contributed by atoms with E-state index in [2.05, 4.69) is 10.3 Å². The van der Waals surface area contributed by atoms with E-state index >= 15 is 0 Å². The Labute approximate surface area is 119 Å². The fourth-order valence-electron chi connectivity index (χ4n) is 1.81. The molecule has 0 spiro atoms. The lowest BCUT2D eigenvalue weighted by Crippen LogP contribution is -2.09. The summed E-state index contributed by atoms with van der Waals surface area (Å²) in [5.41, 5.74) is 1.09. The maximum absolute atomic E-state index is 11.1. The Hall–Kier alpha value is -2.46. The fraction of sp³-hybridized carbons (Fsp3) is 0.231. The molecule has 0 amide bonds. The number of thiazole rings is 1. The molecule has 102 valence electrons. The largest absolute Gasteiger partial charge is 0.370 e. The van der Waals surface area contributed by atoms with Gasteiger partial charge in [0.15, 0.2) is 0 Å². The molecule has 0 radical (unpaired) electrons. The first kappa shape index (κ1) is 14.0. The number of nitro groups is 1. The zero-order valence-electron chi connectivity index (χ0n) is 11.0. The van der Waals surface area contributed by atoms with Gasteiger partial charge in [-0.25, -0.2) is 4.98 Å². The van der Waals surface area contributed by atoms with Crippen LogP contribution in [-0.4, -0.2) is 9.91 Å². The highest BCUT2D eigenvalue weighted by Gasteiger charge is 2.21. The number of rotatable bonds is 4. The van der Waals surface area contributed by atoms with Gasteiger partial charge in [0.2, 0.25) is 0 Å². The van der Waals surface area contributed by atoms with Gasteiger partial charge in [-0.05, 0) is 26.0 Å². The van der Waals surface area contributed by atoms with Crippen LogP contribution in [0.15, 0.2) is 23.6 Å². The topological polar surface area (TPSA) is 91.8 Å². The van der Waals surface area contributed by atoms with Crippen LogP contribution in [0.25, 0.3) is 0 Å². The number of nitrogens with zero attached hydrogens (tertiary/aromatic N) is 3. The third-order valence-electron chi connectivity index (χ3n) is 2.72. The van der Waals surface area contributed by atoms with Crippen molar-refractivity contribution in [2.45, 2.75) is 19.9 Å². The summed E-state index contributed by atoms with van der Waals surface area (Å²) in [6.45, 7) is 3.77. The third kappa shape index (κ3) is 2.75. The average Bonchev–Trinajstić information content (AvgIpc) is 2.84. The van der Waals surface area contributed by atoms with Crippen LogP contribution < -0.4 is 5.32 Å². The molecule has 0 bridgehead atoms. The van der Waals surface area contributed by atoms with Gasteiger partial charge >= 0.3 is 5.69 Å². The standard InChI is InChI=1S/C13H12N4O2S/c1-8-7-20-13(15-8)9(2)16-11-5-3-4-10(6-14)12(11)17(18)19/h3-5,7,9,16H,1-2H3. The molecule has 20 heavy (non-hydrogen) atoms. The lowest BCUT2D eigenvalue weighted by atomic mass is 10.1. The van der Waals surface area contributed by atoms with Gasteiger partial charge in [-0.1, -0.05) is 6.07 Å². The second kappa shape index (κ2) is 5.67. The summed E-state index contributed by atoms with van der Waals surface area (Å²) in [4.78, 5) is 14.9. The third-order valence-corrected chi connectivity index (χ3v) is 3.86. The van der Waals surface area contributed by atoms with Crippen LogP contribution in [0.3, 0.4) is 0 Å². The van der Waals surface area contributed by atoms with E-state index in [1.54, 1.807) is 12.1 Å². The lowest BCUT2D eigenvalue weighted by molar-refractivity contribution is -0.384. The smallest absolute Gasteiger partial charge is 0.309 e. The second-order valence-corrected chi connectivity index (χ2v) is 5.15. The van der Waals surface area contributed by atoms with E-state index in [4.69, 9.17) is 5.26 Å². The molecule has 1 unspecified atom stereocenters. The summed E-state index contributed by atoms with van der Waals surface area (Å²) < 4.78 is 0. The Balaban J connectivity index is 2.34. The Bertz CT molecular complexity index is 690. The molecule has 6 nitrogen and oxygen atoms in total. The number of benzene rings is 1. The highest BCUT2D eigenvalue weighted by molar-refractivity contribution is 7.09. The fourth-order valence-corrected chi connectivity index (χ4v) is 2.62. The van der Waals surface area contributed by atoms with Crippen molar-refractivity contribution < 1.29 is 4.92 Å². The summed E-state index contributed by atoms with van der Waals surface area (Å²) in [6.07, 6.45) is 0. The summed E-state index contributed by atoms with van der Waals surface area (Å²) in [6, 6.07) is 6.32. The van der Waals surface area contributed by atoms with Crippen molar-refractivity contribution in [3.63, 3.8) is 0 Å². The van der Waals surface area contributed by atoms with Crippen LogP contribution in [0.4, 0.5) is 11.4 Å². The van der Waals surface area contributed by atoms with E-state index in [1.807, 2.05) is 25.3 Å². The number of hydrogen-bond acceptors (Lipinski definition) is 6.